The van der Waals surface area contributed by atoms with Gasteiger partial charge < -0.3 is 14.8 Å². The zero-order chi connectivity index (χ0) is 14.4. The zero-order valence-corrected chi connectivity index (χ0v) is 13.5. The molecule has 106 valence electrons. The van der Waals surface area contributed by atoms with Gasteiger partial charge in [-0.3, -0.25) is 0 Å². The fourth-order valence-corrected chi connectivity index (χ4v) is 1.89. The Labute approximate surface area is 131 Å². The maximum Gasteiger partial charge on any atom is 0.224 e. The lowest BCUT2D eigenvalue weighted by Gasteiger charge is -2.09. The second-order valence-corrected chi connectivity index (χ2v) is 5.20. The molecule has 0 atom stereocenters. The van der Waals surface area contributed by atoms with Gasteiger partial charge >= 0.3 is 0 Å². The number of nitrogens with one attached hydrogen (secondary N) is 1. The Morgan fingerprint density at radius 1 is 1.20 bits per heavy atom. The lowest BCUT2D eigenvalue weighted by molar-refractivity contribution is 0.128. The SMILES string of the molecule is CCOCc1nc(NC)cc(Oc2ccc(I)cc2)n1. The van der Waals surface area contributed by atoms with Crippen molar-refractivity contribution in [3.05, 3.63) is 39.7 Å². The van der Waals surface area contributed by atoms with Crippen LogP contribution in [0.15, 0.2) is 30.3 Å². The molecule has 1 aromatic carbocycles. The van der Waals surface area contributed by atoms with E-state index in [2.05, 4.69) is 37.9 Å². The molecule has 0 bridgehead atoms. The van der Waals surface area contributed by atoms with E-state index in [4.69, 9.17) is 9.47 Å². The molecule has 5 nitrogen and oxygen atoms in total. The van der Waals surface area contributed by atoms with Gasteiger partial charge in [0.15, 0.2) is 5.82 Å². The van der Waals surface area contributed by atoms with Crippen molar-refractivity contribution in [2.45, 2.75) is 13.5 Å². The molecule has 2 aromatic rings. The van der Waals surface area contributed by atoms with E-state index >= 15 is 0 Å². The maximum atomic E-state index is 5.75. The summed E-state index contributed by atoms with van der Waals surface area (Å²) in [6.45, 7) is 2.93. The van der Waals surface area contributed by atoms with Gasteiger partial charge in [0.25, 0.3) is 0 Å². The molecule has 20 heavy (non-hydrogen) atoms. The molecule has 0 aliphatic heterocycles. The summed E-state index contributed by atoms with van der Waals surface area (Å²) in [6.07, 6.45) is 0. The van der Waals surface area contributed by atoms with E-state index in [1.165, 1.54) is 0 Å². The Morgan fingerprint density at radius 2 is 1.95 bits per heavy atom. The third-order valence-electron chi connectivity index (χ3n) is 2.48. The number of halogens is 1. The molecular formula is C14H16IN3O2. The fourth-order valence-electron chi connectivity index (χ4n) is 1.53. The van der Waals surface area contributed by atoms with Gasteiger partial charge in [-0.15, -0.1) is 0 Å². The van der Waals surface area contributed by atoms with E-state index in [1.807, 2.05) is 31.2 Å². The van der Waals surface area contributed by atoms with Crippen LogP contribution in [0.5, 0.6) is 11.6 Å². The average molecular weight is 385 g/mol. The van der Waals surface area contributed by atoms with Crippen LogP contribution >= 0.6 is 22.6 Å². The summed E-state index contributed by atoms with van der Waals surface area (Å²) in [5.74, 6) is 2.54. The second-order valence-electron chi connectivity index (χ2n) is 3.95. The van der Waals surface area contributed by atoms with E-state index in [9.17, 15) is 0 Å². The summed E-state index contributed by atoms with van der Waals surface area (Å²) in [6, 6.07) is 9.54. The molecule has 0 saturated carbocycles. The highest BCUT2D eigenvalue weighted by Gasteiger charge is 2.06. The van der Waals surface area contributed by atoms with Gasteiger partial charge in [-0.05, 0) is 53.8 Å². The van der Waals surface area contributed by atoms with Crippen LogP contribution in [-0.4, -0.2) is 23.6 Å². The second kappa shape index (κ2) is 7.39. The topological polar surface area (TPSA) is 56.3 Å². The number of rotatable bonds is 6. The monoisotopic (exact) mass is 385 g/mol. The Morgan fingerprint density at radius 3 is 2.60 bits per heavy atom. The van der Waals surface area contributed by atoms with Crippen molar-refractivity contribution >= 4 is 28.4 Å². The van der Waals surface area contributed by atoms with Gasteiger partial charge in [0, 0.05) is 23.3 Å². The number of benzene rings is 1. The number of ether oxygens (including phenoxy) is 2. The first-order valence-corrected chi connectivity index (χ1v) is 7.36. The minimum absolute atomic E-state index is 0.370. The summed E-state index contributed by atoms with van der Waals surface area (Å²) in [4.78, 5) is 8.65. The highest BCUT2D eigenvalue weighted by molar-refractivity contribution is 14.1. The molecule has 0 aliphatic carbocycles. The predicted molar refractivity (Wildman–Crippen MR) is 86.1 cm³/mol. The Balaban J connectivity index is 2.19. The summed E-state index contributed by atoms with van der Waals surface area (Å²) < 4.78 is 12.2. The van der Waals surface area contributed by atoms with Gasteiger partial charge in [-0.2, -0.15) is 4.98 Å². The molecule has 0 spiro atoms. The smallest absolute Gasteiger partial charge is 0.224 e. The van der Waals surface area contributed by atoms with Crippen LogP contribution in [0.4, 0.5) is 5.82 Å². The van der Waals surface area contributed by atoms with E-state index in [-0.39, 0.29) is 0 Å². The minimum atomic E-state index is 0.370. The third kappa shape index (κ3) is 4.31. The molecule has 6 heteroatoms. The van der Waals surface area contributed by atoms with Gasteiger partial charge in [-0.1, -0.05) is 0 Å². The molecule has 0 saturated heterocycles. The Bertz CT molecular complexity index is 561. The van der Waals surface area contributed by atoms with Gasteiger partial charge in [-0.25, -0.2) is 4.98 Å². The molecular weight excluding hydrogens is 369 g/mol. The molecule has 1 heterocycles. The number of hydrogen-bond donors (Lipinski definition) is 1. The standard InChI is InChI=1S/C14H16IN3O2/c1-3-19-9-13-17-12(16-2)8-14(18-13)20-11-6-4-10(15)5-7-11/h4-8H,3,9H2,1-2H3,(H,16,17,18). The molecule has 0 amide bonds. The van der Waals surface area contributed by atoms with Crippen LogP contribution in [0.2, 0.25) is 0 Å². The van der Waals surface area contributed by atoms with E-state index in [1.54, 1.807) is 13.1 Å². The quantitative estimate of drug-likeness (QED) is 0.772. The van der Waals surface area contributed by atoms with Crippen molar-refractivity contribution in [3.63, 3.8) is 0 Å². The molecule has 0 fully saturated rings. The van der Waals surface area contributed by atoms with Crippen LogP contribution in [0.25, 0.3) is 0 Å². The van der Waals surface area contributed by atoms with Gasteiger partial charge in [0.2, 0.25) is 5.88 Å². The van der Waals surface area contributed by atoms with Crippen molar-refractivity contribution in [1.82, 2.24) is 9.97 Å². The predicted octanol–water partition coefficient (Wildman–Crippen LogP) is 3.45. The maximum absolute atomic E-state index is 5.75. The fraction of sp³-hybridized carbons (Fsp3) is 0.286. The minimum Gasteiger partial charge on any atom is -0.439 e. The molecule has 1 N–H and O–H groups in total. The van der Waals surface area contributed by atoms with Crippen LogP contribution < -0.4 is 10.1 Å². The van der Waals surface area contributed by atoms with E-state index in [0.29, 0.717) is 30.7 Å². The van der Waals surface area contributed by atoms with Crippen molar-refractivity contribution in [1.29, 1.82) is 0 Å². The molecule has 1 aromatic heterocycles. The van der Waals surface area contributed by atoms with Crippen molar-refractivity contribution < 1.29 is 9.47 Å². The first-order chi connectivity index (χ1) is 9.71. The van der Waals surface area contributed by atoms with Gasteiger partial charge in [0.1, 0.15) is 18.2 Å². The largest absolute Gasteiger partial charge is 0.439 e. The Hall–Kier alpha value is -1.41. The van der Waals surface area contributed by atoms with Gasteiger partial charge in [0.05, 0.1) is 0 Å². The summed E-state index contributed by atoms with van der Waals surface area (Å²) >= 11 is 2.25. The lowest BCUT2D eigenvalue weighted by Crippen LogP contribution is -2.04. The highest BCUT2D eigenvalue weighted by Crippen LogP contribution is 2.22. The number of aromatic nitrogens is 2. The average Bonchev–Trinajstić information content (AvgIpc) is 2.47. The number of anilines is 1. The summed E-state index contributed by atoms with van der Waals surface area (Å²) in [7, 11) is 1.81. The number of nitrogens with zero attached hydrogens (tertiary/aromatic N) is 2. The Kier molecular flexibility index (Phi) is 5.54. The summed E-state index contributed by atoms with van der Waals surface area (Å²) in [5, 5.41) is 2.99. The van der Waals surface area contributed by atoms with Crippen molar-refractivity contribution in [2.75, 3.05) is 19.0 Å². The zero-order valence-electron chi connectivity index (χ0n) is 11.4. The van der Waals surface area contributed by atoms with Crippen molar-refractivity contribution in [3.8, 4) is 11.6 Å². The number of hydrogen-bond acceptors (Lipinski definition) is 5. The van der Waals surface area contributed by atoms with Crippen molar-refractivity contribution in [2.24, 2.45) is 0 Å². The normalized spacial score (nSPS) is 10.3. The summed E-state index contributed by atoms with van der Waals surface area (Å²) in [5.41, 5.74) is 0. The molecule has 0 radical (unpaired) electrons. The molecule has 2 rings (SSSR count). The van der Waals surface area contributed by atoms with Crippen LogP contribution in [0.1, 0.15) is 12.7 Å². The molecule has 0 aliphatic rings. The molecule has 0 unspecified atom stereocenters. The first-order valence-electron chi connectivity index (χ1n) is 6.28. The van der Waals surface area contributed by atoms with E-state index in [0.717, 1.165) is 9.32 Å². The van der Waals surface area contributed by atoms with Crippen LogP contribution in [0, 0.1) is 3.57 Å². The first kappa shape index (κ1) is 15.0. The van der Waals surface area contributed by atoms with Crippen LogP contribution in [0.3, 0.4) is 0 Å². The highest BCUT2D eigenvalue weighted by atomic mass is 127. The van der Waals surface area contributed by atoms with E-state index < -0.39 is 0 Å². The third-order valence-corrected chi connectivity index (χ3v) is 3.20. The van der Waals surface area contributed by atoms with Crippen LogP contribution in [-0.2, 0) is 11.3 Å². The lowest BCUT2D eigenvalue weighted by atomic mass is 10.3.